The maximum Gasteiger partial charge on any atom is 0.335 e. The van der Waals surface area contributed by atoms with Crippen molar-refractivity contribution in [2.24, 2.45) is 0 Å². The highest BCUT2D eigenvalue weighted by Crippen LogP contribution is 2.11. The largest absolute Gasteiger partial charge is 0.478 e. The third kappa shape index (κ3) is 4.01. The Hall–Kier alpha value is -3.20. The van der Waals surface area contributed by atoms with Gasteiger partial charge in [-0.05, 0) is 24.3 Å². The molecule has 0 unspecified atom stereocenters. The number of carbonyl (C=O) groups is 2. The fraction of sp³-hybridized carbons (Fsp3) is 0.133. The lowest BCUT2D eigenvalue weighted by molar-refractivity contribution is -0.116. The van der Waals surface area contributed by atoms with Crippen LogP contribution in [0.2, 0.25) is 0 Å². The maximum absolute atomic E-state index is 12.0. The fourth-order valence-corrected chi connectivity index (χ4v) is 2.20. The molecule has 3 rings (SSSR count). The van der Waals surface area contributed by atoms with Gasteiger partial charge in [0.05, 0.1) is 18.2 Å². The van der Waals surface area contributed by atoms with Crippen LogP contribution in [0.25, 0.3) is 11.2 Å². The zero-order valence-electron chi connectivity index (χ0n) is 12.8. The molecule has 3 N–H and O–H groups in total. The molecule has 25 heavy (non-hydrogen) atoms. The van der Waals surface area contributed by atoms with Crippen molar-refractivity contribution in [3.05, 3.63) is 52.8 Å². The smallest absolute Gasteiger partial charge is 0.335 e. The van der Waals surface area contributed by atoms with Crippen molar-refractivity contribution in [1.82, 2.24) is 19.5 Å². The fourth-order valence-electron chi connectivity index (χ4n) is 2.20. The molecule has 10 heteroatoms. The number of aryl methyl sites for hydroxylation is 1. The molecule has 1 aromatic carbocycles. The summed E-state index contributed by atoms with van der Waals surface area (Å²) in [6.45, 7) is 0.312. The molecule has 2 heterocycles. The van der Waals surface area contributed by atoms with Crippen LogP contribution in [0, 0.1) is 0 Å². The van der Waals surface area contributed by atoms with Crippen LogP contribution in [0.5, 0.6) is 0 Å². The number of carboxylic acids is 1. The topological polar surface area (TPSA) is 130 Å². The number of amides is 1. The van der Waals surface area contributed by atoms with E-state index in [1.807, 2.05) is 0 Å². The first kappa shape index (κ1) is 18.1. The van der Waals surface area contributed by atoms with E-state index in [0.717, 1.165) is 0 Å². The van der Waals surface area contributed by atoms with Crippen molar-refractivity contribution >= 4 is 41.1 Å². The number of imidazole rings is 1. The molecular formula is C15H14ClN5O4. The number of halogens is 1. The SMILES string of the molecule is Cl.O=C(CCn1cnc2c(=O)[nH]cnc21)Nc1ccc(C(=O)O)cc1. The molecule has 3 aromatic rings. The number of benzene rings is 1. The van der Waals surface area contributed by atoms with Crippen molar-refractivity contribution in [2.45, 2.75) is 13.0 Å². The van der Waals surface area contributed by atoms with Crippen LogP contribution in [0.3, 0.4) is 0 Å². The van der Waals surface area contributed by atoms with Gasteiger partial charge in [0, 0.05) is 18.7 Å². The Balaban J connectivity index is 0.00000225. The van der Waals surface area contributed by atoms with Crippen molar-refractivity contribution in [1.29, 1.82) is 0 Å². The number of rotatable bonds is 5. The van der Waals surface area contributed by atoms with E-state index in [1.54, 1.807) is 4.57 Å². The number of aromatic amines is 1. The van der Waals surface area contributed by atoms with Gasteiger partial charge in [0.1, 0.15) is 0 Å². The van der Waals surface area contributed by atoms with Gasteiger partial charge < -0.3 is 20.0 Å². The number of H-pyrrole nitrogens is 1. The second-order valence-electron chi connectivity index (χ2n) is 5.02. The molecule has 2 aromatic heterocycles. The lowest BCUT2D eigenvalue weighted by Crippen LogP contribution is -2.15. The molecule has 0 aliphatic heterocycles. The standard InChI is InChI=1S/C15H13N5O4.ClH/c21-11(19-10-3-1-9(2-4-10)15(23)24)5-6-20-8-18-12-13(20)16-7-17-14(12)22;/h1-4,7-8H,5-6H2,(H,19,21)(H,23,24)(H,16,17,22);1H. The molecule has 0 fully saturated rings. The van der Waals surface area contributed by atoms with E-state index in [9.17, 15) is 14.4 Å². The van der Waals surface area contributed by atoms with E-state index in [-0.39, 0.29) is 41.4 Å². The van der Waals surface area contributed by atoms with E-state index in [0.29, 0.717) is 17.9 Å². The van der Waals surface area contributed by atoms with Gasteiger partial charge in [-0.3, -0.25) is 9.59 Å². The number of fused-ring (bicyclic) bond motifs is 1. The van der Waals surface area contributed by atoms with Crippen LogP contribution < -0.4 is 10.9 Å². The Labute approximate surface area is 147 Å². The van der Waals surface area contributed by atoms with Crippen molar-refractivity contribution in [3.8, 4) is 0 Å². The Bertz CT molecular complexity index is 964. The summed E-state index contributed by atoms with van der Waals surface area (Å²) >= 11 is 0. The average molecular weight is 364 g/mol. The molecule has 0 radical (unpaired) electrons. The van der Waals surface area contributed by atoms with Crippen molar-refractivity contribution in [3.63, 3.8) is 0 Å². The predicted molar refractivity (Wildman–Crippen MR) is 92.0 cm³/mol. The molecular weight excluding hydrogens is 350 g/mol. The predicted octanol–water partition coefficient (Wildman–Crippen LogP) is 1.27. The minimum atomic E-state index is -1.03. The average Bonchev–Trinajstić information content (AvgIpc) is 2.98. The first-order chi connectivity index (χ1) is 11.5. The molecule has 1 amide bonds. The molecule has 0 saturated carbocycles. The highest BCUT2D eigenvalue weighted by Gasteiger charge is 2.09. The highest BCUT2D eigenvalue weighted by atomic mass is 35.5. The van der Waals surface area contributed by atoms with Crippen molar-refractivity contribution in [2.75, 3.05) is 5.32 Å². The van der Waals surface area contributed by atoms with Crippen molar-refractivity contribution < 1.29 is 14.7 Å². The van der Waals surface area contributed by atoms with Gasteiger partial charge >= 0.3 is 5.97 Å². The minimum Gasteiger partial charge on any atom is -0.478 e. The number of carbonyl (C=O) groups excluding carboxylic acids is 1. The number of aromatic nitrogens is 4. The number of carboxylic acid groups (broad SMARTS) is 1. The summed E-state index contributed by atoms with van der Waals surface area (Å²) < 4.78 is 1.62. The monoisotopic (exact) mass is 363 g/mol. The second kappa shape index (κ2) is 7.58. The number of hydrogen-bond donors (Lipinski definition) is 3. The van der Waals surface area contributed by atoms with E-state index >= 15 is 0 Å². The minimum absolute atomic E-state index is 0. The zero-order chi connectivity index (χ0) is 17.1. The number of anilines is 1. The molecule has 0 saturated heterocycles. The van der Waals surface area contributed by atoms with Crippen LogP contribution in [0.4, 0.5) is 5.69 Å². The van der Waals surface area contributed by atoms with E-state index in [1.165, 1.54) is 36.9 Å². The van der Waals surface area contributed by atoms with Crippen LogP contribution in [0.1, 0.15) is 16.8 Å². The van der Waals surface area contributed by atoms with Gasteiger partial charge in [-0.15, -0.1) is 12.4 Å². The Kier molecular flexibility index (Phi) is 5.50. The van der Waals surface area contributed by atoms with Gasteiger partial charge in [0.25, 0.3) is 5.56 Å². The Morgan fingerprint density at radius 2 is 1.92 bits per heavy atom. The molecule has 0 bridgehead atoms. The number of nitrogens with zero attached hydrogens (tertiary/aromatic N) is 3. The normalized spacial score (nSPS) is 10.2. The lowest BCUT2D eigenvalue weighted by atomic mass is 10.2. The molecule has 9 nitrogen and oxygen atoms in total. The summed E-state index contributed by atoms with van der Waals surface area (Å²) in [6.07, 6.45) is 2.90. The summed E-state index contributed by atoms with van der Waals surface area (Å²) in [5, 5.41) is 11.5. The van der Waals surface area contributed by atoms with Crippen LogP contribution in [-0.4, -0.2) is 36.5 Å². The maximum atomic E-state index is 12.0. The third-order valence-corrected chi connectivity index (χ3v) is 3.40. The molecule has 130 valence electrons. The summed E-state index contributed by atoms with van der Waals surface area (Å²) in [4.78, 5) is 44.8. The number of hydrogen-bond acceptors (Lipinski definition) is 5. The van der Waals surface area contributed by atoms with Gasteiger partial charge in [-0.2, -0.15) is 0 Å². The zero-order valence-corrected chi connectivity index (χ0v) is 13.6. The number of nitrogens with one attached hydrogen (secondary N) is 2. The quantitative estimate of drug-likeness (QED) is 0.625. The van der Waals surface area contributed by atoms with E-state index in [4.69, 9.17) is 5.11 Å². The first-order valence-corrected chi connectivity index (χ1v) is 7.06. The summed E-state index contributed by atoms with van der Waals surface area (Å²) in [5.41, 5.74) is 0.963. The van der Waals surface area contributed by atoms with Crippen LogP contribution >= 0.6 is 12.4 Å². The van der Waals surface area contributed by atoms with Gasteiger partial charge in [-0.25, -0.2) is 14.8 Å². The summed E-state index contributed by atoms with van der Waals surface area (Å²) in [5.74, 6) is -1.27. The third-order valence-electron chi connectivity index (χ3n) is 3.40. The summed E-state index contributed by atoms with van der Waals surface area (Å²) in [6, 6.07) is 5.87. The van der Waals surface area contributed by atoms with Gasteiger partial charge in [-0.1, -0.05) is 0 Å². The number of aromatic carboxylic acids is 1. The first-order valence-electron chi connectivity index (χ1n) is 7.06. The Morgan fingerprint density at radius 1 is 1.20 bits per heavy atom. The molecule has 0 aliphatic rings. The summed E-state index contributed by atoms with van der Waals surface area (Å²) in [7, 11) is 0. The van der Waals surface area contributed by atoms with Crippen LogP contribution in [-0.2, 0) is 11.3 Å². The molecule has 0 spiro atoms. The van der Waals surface area contributed by atoms with Crippen LogP contribution in [0.15, 0.2) is 41.7 Å². The van der Waals surface area contributed by atoms with Gasteiger partial charge in [0.15, 0.2) is 11.2 Å². The second-order valence-corrected chi connectivity index (χ2v) is 5.02. The van der Waals surface area contributed by atoms with E-state index in [2.05, 4.69) is 20.3 Å². The highest BCUT2D eigenvalue weighted by molar-refractivity contribution is 5.92. The Morgan fingerprint density at radius 3 is 2.60 bits per heavy atom. The molecule has 0 atom stereocenters. The van der Waals surface area contributed by atoms with Gasteiger partial charge in [0.2, 0.25) is 5.91 Å². The molecule has 0 aliphatic carbocycles. The lowest BCUT2D eigenvalue weighted by Gasteiger charge is -2.06. The van der Waals surface area contributed by atoms with E-state index < -0.39 is 5.97 Å².